The molecule has 0 radical (unpaired) electrons. The van der Waals surface area contributed by atoms with Crippen LogP contribution < -0.4 is 5.32 Å². The van der Waals surface area contributed by atoms with Gasteiger partial charge >= 0.3 is 11.9 Å². The highest BCUT2D eigenvalue weighted by molar-refractivity contribution is 5.97. The molecule has 2 amide bonds. The van der Waals surface area contributed by atoms with Crippen LogP contribution in [0.1, 0.15) is 126 Å². The van der Waals surface area contributed by atoms with Gasteiger partial charge in [0.25, 0.3) is 0 Å². The Morgan fingerprint density at radius 3 is 2.35 bits per heavy atom. The first-order valence-corrected chi connectivity index (χ1v) is 25.1. The van der Waals surface area contributed by atoms with E-state index in [1.807, 2.05) is 60.7 Å². The minimum atomic E-state index is -1.01. The minimum absolute atomic E-state index is 0.00794. The fourth-order valence-electron chi connectivity index (χ4n) is 11.8. The lowest BCUT2D eigenvalue weighted by atomic mass is 9.52. The van der Waals surface area contributed by atoms with E-state index in [9.17, 15) is 24.3 Å². The molecule has 69 heavy (non-hydrogen) atoms. The van der Waals surface area contributed by atoms with Gasteiger partial charge in [-0.1, -0.05) is 92.2 Å². The highest BCUT2D eigenvalue weighted by atomic mass is 16.8. The van der Waals surface area contributed by atoms with E-state index in [-0.39, 0.29) is 36.7 Å². The van der Waals surface area contributed by atoms with Crippen LogP contribution in [0.5, 0.6) is 0 Å². The first-order valence-electron chi connectivity index (χ1n) is 25.1. The summed E-state index contributed by atoms with van der Waals surface area (Å²) in [5.74, 6) is -1.80. The number of aliphatic hydroxyl groups excluding tert-OH is 1. The number of nitrogens with zero attached hydrogens (tertiary/aromatic N) is 1. The number of benzene rings is 3. The van der Waals surface area contributed by atoms with Gasteiger partial charge in [-0.25, -0.2) is 4.79 Å². The summed E-state index contributed by atoms with van der Waals surface area (Å²) >= 11 is 0. The van der Waals surface area contributed by atoms with Gasteiger partial charge in [0.05, 0.1) is 29.9 Å². The van der Waals surface area contributed by atoms with Gasteiger partial charge in [-0.05, 0) is 124 Å². The van der Waals surface area contributed by atoms with E-state index >= 15 is 0 Å². The molecule has 0 aromatic heterocycles. The Hall–Kier alpha value is -5.14. The van der Waals surface area contributed by atoms with E-state index < -0.39 is 72.1 Å². The number of allylic oxidation sites excluding steroid dienone is 1. The Morgan fingerprint density at radius 1 is 0.928 bits per heavy atom. The van der Waals surface area contributed by atoms with Gasteiger partial charge in [-0.15, -0.1) is 0 Å². The minimum Gasteiger partial charge on any atom is -0.460 e. The van der Waals surface area contributed by atoms with Crippen molar-refractivity contribution in [1.82, 2.24) is 10.2 Å². The average molecular weight is 943 g/mol. The number of carbonyl (C=O) groups is 4. The zero-order valence-electron chi connectivity index (χ0n) is 41.3. The van der Waals surface area contributed by atoms with Gasteiger partial charge in [-0.3, -0.25) is 14.4 Å². The van der Waals surface area contributed by atoms with Crippen LogP contribution in [0.15, 0.2) is 96.1 Å². The number of amides is 2. The molecule has 0 bridgehead atoms. The molecule has 3 aromatic carbocycles. The molecule has 2 heterocycles. The Balaban J connectivity index is 0.956. The molecule has 12 heteroatoms. The molecule has 6 aliphatic rings. The third-order valence-corrected chi connectivity index (χ3v) is 15.7. The Kier molecular flexibility index (Phi) is 13.6. The molecule has 12 nitrogen and oxygen atoms in total. The topological polar surface area (TPSA) is 153 Å². The SMILES string of the molecule is CN(C(=O)C1=CC2OC3(Cc4ccccc4C3)OC2C(OC(=O)c2cccc(C=C3CCC4OC4(C)CCC4C3CC4(C)C)c2)C1)C(Cc1ccccc1)C(=O)NC(CO)CCC(=O)OC(C)(C)C. The first-order chi connectivity index (χ1) is 32.8. The normalized spacial score (nSPS) is 28.7. The molecule has 4 aliphatic carbocycles. The summed E-state index contributed by atoms with van der Waals surface area (Å²) in [5.41, 5.74) is 5.75. The molecule has 2 saturated carbocycles. The fourth-order valence-corrected chi connectivity index (χ4v) is 11.8. The molecule has 3 aromatic rings. The van der Waals surface area contributed by atoms with Gasteiger partial charge in [0.15, 0.2) is 5.79 Å². The van der Waals surface area contributed by atoms with Crippen molar-refractivity contribution >= 4 is 29.8 Å². The number of likely N-dealkylation sites (N-methyl/N-ethyl adjacent to an activating group) is 1. The second-order valence-electron chi connectivity index (χ2n) is 22.4. The van der Waals surface area contributed by atoms with E-state index in [2.05, 4.69) is 44.3 Å². The molecule has 9 atom stereocenters. The molecule has 2 N–H and O–H groups in total. The molecule has 4 fully saturated rings. The second kappa shape index (κ2) is 19.2. The number of nitrogens with one attached hydrogen (secondary N) is 1. The van der Waals surface area contributed by atoms with Crippen molar-refractivity contribution in [2.24, 2.45) is 17.3 Å². The van der Waals surface area contributed by atoms with Crippen LogP contribution in [0.2, 0.25) is 0 Å². The van der Waals surface area contributed by atoms with Gasteiger partial charge in [0, 0.05) is 44.7 Å². The van der Waals surface area contributed by atoms with Crippen LogP contribution in [-0.4, -0.2) is 101 Å². The molecule has 9 rings (SSSR count). The Morgan fingerprint density at radius 2 is 1.65 bits per heavy atom. The molecule has 2 saturated heterocycles. The number of hydrogen-bond acceptors (Lipinski definition) is 10. The van der Waals surface area contributed by atoms with Gasteiger partial charge in [-0.2, -0.15) is 0 Å². The van der Waals surface area contributed by atoms with Crippen molar-refractivity contribution < 1.29 is 48.0 Å². The fraction of sp³-hybridized carbons (Fsp3) is 0.544. The number of hydrogen-bond donors (Lipinski definition) is 2. The number of ether oxygens (including phenoxy) is 5. The number of epoxide rings is 1. The lowest BCUT2D eigenvalue weighted by Gasteiger charge is -2.53. The van der Waals surface area contributed by atoms with Crippen LogP contribution in [0.3, 0.4) is 0 Å². The lowest BCUT2D eigenvalue weighted by molar-refractivity contribution is -0.172. The maximum atomic E-state index is 14.9. The zero-order chi connectivity index (χ0) is 48.9. The monoisotopic (exact) mass is 943 g/mol. The van der Waals surface area contributed by atoms with Crippen molar-refractivity contribution in [2.45, 2.75) is 166 Å². The Bertz CT molecular complexity index is 2470. The highest BCUT2D eigenvalue weighted by Crippen LogP contribution is 2.60. The summed E-state index contributed by atoms with van der Waals surface area (Å²) in [6.07, 6.45) is 8.74. The average Bonchev–Trinajstić information content (AvgIpc) is 3.59. The maximum Gasteiger partial charge on any atom is 0.338 e. The maximum absolute atomic E-state index is 14.9. The predicted octanol–water partition coefficient (Wildman–Crippen LogP) is 8.27. The zero-order valence-corrected chi connectivity index (χ0v) is 41.3. The standard InChI is InChI=1S/C57H70N2O10/c1-54(2,3)68-49(61)23-21-42(34-60)58-51(62)45(28-35-14-9-8-10-15-35)59(7)52(63)41-29-46(50-47(30-41)66-57(69-50)31-39-17-11-12-18-40(39)32-57)65-53(64)38-19-13-16-36(27-38)26-37-20-22-48-56(6,67-48)25-24-44-43(37)33-55(44,4)5/h8-19,26-27,30,42-48,50,60H,20-25,28-29,31-34H2,1-7H3,(H,58,62). The number of carbonyl (C=O) groups excluding carboxylic acids is 4. The number of fused-ring (bicyclic) bond motifs is 4. The summed E-state index contributed by atoms with van der Waals surface area (Å²) in [7, 11) is 1.58. The molecule has 1 spiro atoms. The third kappa shape index (κ3) is 10.8. The van der Waals surface area contributed by atoms with Crippen LogP contribution >= 0.6 is 0 Å². The Labute approximate surface area is 407 Å². The van der Waals surface area contributed by atoms with E-state index in [0.29, 0.717) is 41.9 Å². The second-order valence-corrected chi connectivity index (χ2v) is 22.4. The van der Waals surface area contributed by atoms with Crippen molar-refractivity contribution in [1.29, 1.82) is 0 Å². The van der Waals surface area contributed by atoms with Crippen molar-refractivity contribution in [3.8, 4) is 0 Å². The van der Waals surface area contributed by atoms with E-state index in [0.717, 1.165) is 54.4 Å². The number of aliphatic hydroxyl groups is 1. The van der Waals surface area contributed by atoms with Gasteiger partial charge in [0.2, 0.25) is 11.8 Å². The molecular formula is C57H70N2O10. The summed E-state index contributed by atoms with van der Waals surface area (Å²) in [6.45, 7) is 12.0. The van der Waals surface area contributed by atoms with Gasteiger partial charge < -0.3 is 39.0 Å². The molecular weight excluding hydrogens is 873 g/mol. The summed E-state index contributed by atoms with van der Waals surface area (Å²) in [6, 6.07) is 23.4. The van der Waals surface area contributed by atoms with Crippen LogP contribution in [0.4, 0.5) is 0 Å². The largest absolute Gasteiger partial charge is 0.460 e. The van der Waals surface area contributed by atoms with Crippen LogP contribution in [-0.2, 0) is 57.3 Å². The quantitative estimate of drug-likeness (QED) is 0.127. The van der Waals surface area contributed by atoms with Gasteiger partial charge in [0.1, 0.15) is 30.0 Å². The predicted molar refractivity (Wildman–Crippen MR) is 261 cm³/mol. The van der Waals surface area contributed by atoms with Crippen molar-refractivity contribution in [3.63, 3.8) is 0 Å². The van der Waals surface area contributed by atoms with E-state index in [1.54, 1.807) is 40.0 Å². The lowest BCUT2D eigenvalue weighted by Crippen LogP contribution is -2.53. The molecule has 368 valence electrons. The van der Waals surface area contributed by atoms with E-state index in [4.69, 9.17) is 23.7 Å². The van der Waals surface area contributed by atoms with Crippen LogP contribution in [0, 0.1) is 17.3 Å². The first kappa shape index (κ1) is 48.9. The smallest absolute Gasteiger partial charge is 0.338 e. The number of esters is 2. The van der Waals surface area contributed by atoms with Crippen LogP contribution in [0.25, 0.3) is 6.08 Å². The van der Waals surface area contributed by atoms with Crippen molar-refractivity contribution in [2.75, 3.05) is 13.7 Å². The summed E-state index contributed by atoms with van der Waals surface area (Å²) in [5, 5.41) is 13.2. The third-order valence-electron chi connectivity index (χ3n) is 15.7. The molecule has 2 aliphatic heterocycles. The summed E-state index contributed by atoms with van der Waals surface area (Å²) in [4.78, 5) is 57.5. The number of rotatable bonds is 13. The summed E-state index contributed by atoms with van der Waals surface area (Å²) < 4.78 is 31.7. The highest BCUT2D eigenvalue weighted by Gasteiger charge is 2.57. The molecule has 9 unspecified atom stereocenters. The van der Waals surface area contributed by atoms with Crippen molar-refractivity contribution in [3.05, 3.63) is 124 Å². The van der Waals surface area contributed by atoms with E-state index in [1.165, 1.54) is 10.5 Å².